The number of fused-ring (bicyclic) bond motifs is 1. The fourth-order valence-corrected chi connectivity index (χ4v) is 3.95. The van der Waals surface area contributed by atoms with Crippen molar-refractivity contribution in [3.05, 3.63) is 63.7 Å². The summed E-state index contributed by atoms with van der Waals surface area (Å²) in [6.45, 7) is 6.23. The fourth-order valence-electron chi connectivity index (χ4n) is 3.95. The van der Waals surface area contributed by atoms with Gasteiger partial charge in [-0.1, -0.05) is 43.2 Å². The molecule has 1 atom stereocenters. The van der Waals surface area contributed by atoms with Gasteiger partial charge >= 0.3 is 11.9 Å². The Kier molecular flexibility index (Phi) is 6.18. The van der Waals surface area contributed by atoms with Crippen molar-refractivity contribution in [2.75, 3.05) is 7.11 Å². The van der Waals surface area contributed by atoms with Gasteiger partial charge in [0, 0.05) is 12.0 Å². The van der Waals surface area contributed by atoms with E-state index in [0.717, 1.165) is 52.6 Å². The molecule has 0 aliphatic carbocycles. The lowest BCUT2D eigenvalue weighted by molar-refractivity contribution is -0.140. The second-order valence-electron chi connectivity index (χ2n) is 7.51. The molecule has 0 bridgehead atoms. The van der Waals surface area contributed by atoms with Gasteiger partial charge in [0.2, 0.25) is 0 Å². The predicted octanol–water partition coefficient (Wildman–Crippen LogP) is 4.80. The molecule has 4 nitrogen and oxygen atoms in total. The molecule has 0 saturated heterocycles. The third-order valence-electron chi connectivity index (χ3n) is 5.50. The van der Waals surface area contributed by atoms with Crippen LogP contribution in [0.5, 0.6) is 5.75 Å². The molecule has 0 radical (unpaired) electrons. The normalized spacial score (nSPS) is 15.3. The summed E-state index contributed by atoms with van der Waals surface area (Å²) in [4.78, 5) is 24.5. The van der Waals surface area contributed by atoms with Crippen molar-refractivity contribution >= 4 is 11.9 Å². The molecule has 0 N–H and O–H groups in total. The standard InChI is InChI=1S/C24H28O4/c1-5-6-7-18-17(11-13-21(25)27-4)10-12-20-22(18)23(24(26)28-20)19-14-15(2)8-9-16(19)3/h8-10,12,14,23H,5-7,11,13H2,1-4H3. The second kappa shape index (κ2) is 8.59. The summed E-state index contributed by atoms with van der Waals surface area (Å²) < 4.78 is 10.5. The molecule has 0 saturated carbocycles. The average molecular weight is 380 g/mol. The van der Waals surface area contributed by atoms with Crippen molar-refractivity contribution in [3.8, 4) is 5.75 Å². The molecular weight excluding hydrogens is 352 g/mol. The lowest BCUT2D eigenvalue weighted by Crippen LogP contribution is -2.14. The maximum atomic E-state index is 12.8. The van der Waals surface area contributed by atoms with Gasteiger partial charge in [-0.05, 0) is 61.4 Å². The zero-order valence-corrected chi connectivity index (χ0v) is 17.1. The minimum absolute atomic E-state index is 0.216. The molecule has 3 rings (SSSR count). The molecule has 0 fully saturated rings. The highest BCUT2D eigenvalue weighted by molar-refractivity contribution is 5.91. The summed E-state index contributed by atoms with van der Waals surface area (Å²) in [5, 5.41) is 0. The van der Waals surface area contributed by atoms with Crippen LogP contribution in [0, 0.1) is 13.8 Å². The number of ether oxygens (including phenoxy) is 2. The van der Waals surface area contributed by atoms with Crippen LogP contribution in [0.1, 0.15) is 65.5 Å². The Morgan fingerprint density at radius 1 is 1.14 bits per heavy atom. The Morgan fingerprint density at radius 2 is 1.93 bits per heavy atom. The number of aryl methyl sites for hydroxylation is 3. The molecule has 0 spiro atoms. The van der Waals surface area contributed by atoms with Crippen LogP contribution in [-0.4, -0.2) is 19.0 Å². The lowest BCUT2D eigenvalue weighted by Gasteiger charge is -2.18. The zero-order valence-electron chi connectivity index (χ0n) is 17.1. The lowest BCUT2D eigenvalue weighted by atomic mass is 9.82. The quantitative estimate of drug-likeness (QED) is 0.511. The van der Waals surface area contributed by atoms with E-state index in [1.165, 1.54) is 7.11 Å². The van der Waals surface area contributed by atoms with Crippen LogP contribution >= 0.6 is 0 Å². The average Bonchev–Trinajstić information content (AvgIpc) is 3.02. The molecule has 2 aromatic rings. The summed E-state index contributed by atoms with van der Waals surface area (Å²) in [5.74, 6) is -0.185. The van der Waals surface area contributed by atoms with Crippen LogP contribution in [0.2, 0.25) is 0 Å². The number of rotatable bonds is 7. The molecule has 28 heavy (non-hydrogen) atoms. The first-order valence-electron chi connectivity index (χ1n) is 9.96. The van der Waals surface area contributed by atoms with Crippen molar-refractivity contribution in [2.24, 2.45) is 0 Å². The van der Waals surface area contributed by atoms with Gasteiger partial charge in [-0.15, -0.1) is 0 Å². The van der Waals surface area contributed by atoms with Crippen molar-refractivity contribution in [1.82, 2.24) is 0 Å². The highest BCUT2D eigenvalue weighted by Crippen LogP contribution is 2.44. The van der Waals surface area contributed by atoms with E-state index in [1.807, 2.05) is 26.0 Å². The zero-order chi connectivity index (χ0) is 20.3. The number of benzene rings is 2. The van der Waals surface area contributed by atoms with E-state index in [4.69, 9.17) is 9.47 Å². The van der Waals surface area contributed by atoms with Gasteiger partial charge in [-0.2, -0.15) is 0 Å². The van der Waals surface area contributed by atoms with Crippen molar-refractivity contribution in [3.63, 3.8) is 0 Å². The third kappa shape index (κ3) is 3.96. The van der Waals surface area contributed by atoms with Gasteiger partial charge < -0.3 is 9.47 Å². The number of methoxy groups -OCH3 is 1. The Hall–Kier alpha value is -2.62. The van der Waals surface area contributed by atoms with E-state index < -0.39 is 5.92 Å². The number of carbonyl (C=O) groups excluding carboxylic acids is 2. The van der Waals surface area contributed by atoms with E-state index in [1.54, 1.807) is 0 Å². The van der Waals surface area contributed by atoms with Gasteiger partial charge in [0.25, 0.3) is 0 Å². The summed E-state index contributed by atoms with van der Waals surface area (Å²) in [5.41, 5.74) is 6.45. The highest BCUT2D eigenvalue weighted by Gasteiger charge is 2.38. The van der Waals surface area contributed by atoms with Crippen LogP contribution < -0.4 is 4.74 Å². The van der Waals surface area contributed by atoms with E-state index >= 15 is 0 Å². The first kappa shape index (κ1) is 20.1. The minimum Gasteiger partial charge on any atom is -0.469 e. The van der Waals surface area contributed by atoms with Crippen molar-refractivity contribution in [1.29, 1.82) is 0 Å². The van der Waals surface area contributed by atoms with Crippen LogP contribution in [0.3, 0.4) is 0 Å². The summed E-state index contributed by atoms with van der Waals surface area (Å²) >= 11 is 0. The highest BCUT2D eigenvalue weighted by atomic mass is 16.5. The molecule has 0 amide bonds. The first-order chi connectivity index (χ1) is 13.5. The molecule has 1 aliphatic rings. The molecule has 1 unspecified atom stereocenters. The molecule has 2 aromatic carbocycles. The van der Waals surface area contributed by atoms with Crippen molar-refractivity contribution < 1.29 is 19.1 Å². The molecule has 4 heteroatoms. The third-order valence-corrected chi connectivity index (χ3v) is 5.50. The Morgan fingerprint density at radius 3 is 2.64 bits per heavy atom. The second-order valence-corrected chi connectivity index (χ2v) is 7.51. The molecule has 0 aromatic heterocycles. The Labute approximate surface area is 166 Å². The van der Waals surface area contributed by atoms with Gasteiger partial charge in [0.15, 0.2) is 0 Å². The number of hydrogen-bond donors (Lipinski definition) is 0. The number of unbranched alkanes of at least 4 members (excludes halogenated alkanes) is 1. The molecule has 1 heterocycles. The largest absolute Gasteiger partial charge is 0.469 e. The summed E-state index contributed by atoms with van der Waals surface area (Å²) in [6, 6.07) is 10.1. The van der Waals surface area contributed by atoms with Gasteiger partial charge in [-0.25, -0.2) is 0 Å². The number of esters is 2. The fraction of sp³-hybridized carbons (Fsp3) is 0.417. The smallest absolute Gasteiger partial charge is 0.323 e. The van der Waals surface area contributed by atoms with Crippen LogP contribution in [-0.2, 0) is 27.2 Å². The van der Waals surface area contributed by atoms with Crippen molar-refractivity contribution in [2.45, 2.75) is 58.8 Å². The van der Waals surface area contributed by atoms with Crippen LogP contribution in [0.25, 0.3) is 0 Å². The molecular formula is C24H28O4. The molecule has 1 aliphatic heterocycles. The maximum Gasteiger partial charge on any atom is 0.323 e. The minimum atomic E-state index is -0.403. The van der Waals surface area contributed by atoms with E-state index in [-0.39, 0.29) is 11.9 Å². The monoisotopic (exact) mass is 380 g/mol. The SMILES string of the molecule is CCCCc1c(CCC(=O)OC)ccc2c1C(c1cc(C)ccc1C)C(=O)O2. The van der Waals surface area contributed by atoms with Gasteiger partial charge in [-0.3, -0.25) is 9.59 Å². The van der Waals surface area contributed by atoms with Crippen LogP contribution in [0.15, 0.2) is 30.3 Å². The molecule has 148 valence electrons. The maximum absolute atomic E-state index is 12.8. The van der Waals surface area contributed by atoms with E-state index in [2.05, 4.69) is 25.1 Å². The van der Waals surface area contributed by atoms with E-state index in [0.29, 0.717) is 18.6 Å². The van der Waals surface area contributed by atoms with Crippen LogP contribution in [0.4, 0.5) is 0 Å². The first-order valence-corrected chi connectivity index (χ1v) is 9.96. The number of hydrogen-bond acceptors (Lipinski definition) is 4. The Bertz CT molecular complexity index is 898. The number of carbonyl (C=O) groups is 2. The Balaban J connectivity index is 2.10. The van der Waals surface area contributed by atoms with Gasteiger partial charge in [0.1, 0.15) is 11.7 Å². The topological polar surface area (TPSA) is 52.6 Å². The predicted molar refractivity (Wildman–Crippen MR) is 109 cm³/mol. The summed E-state index contributed by atoms with van der Waals surface area (Å²) in [7, 11) is 1.41. The summed E-state index contributed by atoms with van der Waals surface area (Å²) in [6.07, 6.45) is 3.89. The van der Waals surface area contributed by atoms with Gasteiger partial charge in [0.05, 0.1) is 7.11 Å². The van der Waals surface area contributed by atoms with E-state index in [9.17, 15) is 9.59 Å².